The number of aryl methyl sites for hydroxylation is 1. The Labute approximate surface area is 160 Å². The van der Waals surface area contributed by atoms with Gasteiger partial charge in [0.2, 0.25) is 5.82 Å². The van der Waals surface area contributed by atoms with Gasteiger partial charge < -0.3 is 15.2 Å². The van der Waals surface area contributed by atoms with Crippen molar-refractivity contribution in [2.75, 3.05) is 19.7 Å². The number of carboxylic acids is 1. The normalized spacial score (nSPS) is 14.2. The van der Waals surface area contributed by atoms with Gasteiger partial charge in [-0.1, -0.05) is 24.3 Å². The number of rotatable bonds is 7. The molecule has 0 aliphatic carbocycles. The van der Waals surface area contributed by atoms with Gasteiger partial charge in [0.15, 0.2) is 17.4 Å². The fourth-order valence-corrected chi connectivity index (χ4v) is 3.17. The Hall–Kier alpha value is -2.80. The highest BCUT2D eigenvalue weighted by atomic mass is 19.2. The Kier molecular flexibility index (Phi) is 6.36. The van der Waals surface area contributed by atoms with Crippen LogP contribution in [0.3, 0.4) is 0 Å². The van der Waals surface area contributed by atoms with E-state index in [1.807, 2.05) is 24.3 Å². The van der Waals surface area contributed by atoms with Crippen molar-refractivity contribution in [2.24, 2.45) is 0 Å². The molecule has 148 valence electrons. The molecular formula is C21H20F3NO3. The smallest absolute Gasteiger partial charge is 0.333 e. The van der Waals surface area contributed by atoms with Crippen LogP contribution < -0.4 is 10.1 Å². The van der Waals surface area contributed by atoms with Crippen LogP contribution in [0.5, 0.6) is 5.75 Å². The molecule has 0 amide bonds. The minimum atomic E-state index is -1.33. The third-order valence-electron chi connectivity index (χ3n) is 4.64. The van der Waals surface area contributed by atoms with Gasteiger partial charge in [0.05, 0.1) is 12.2 Å². The largest absolute Gasteiger partial charge is 0.488 e. The lowest BCUT2D eigenvalue weighted by atomic mass is 9.93. The summed E-state index contributed by atoms with van der Waals surface area (Å²) < 4.78 is 45.2. The van der Waals surface area contributed by atoms with Crippen molar-refractivity contribution in [3.63, 3.8) is 0 Å². The summed E-state index contributed by atoms with van der Waals surface area (Å²) in [5, 5.41) is 12.4. The first-order chi connectivity index (χ1) is 13.5. The fraction of sp³-hybridized carbons (Fsp3) is 0.286. The molecule has 2 N–H and O–H groups in total. The lowest BCUT2D eigenvalue weighted by Gasteiger charge is -2.19. The molecule has 1 aliphatic heterocycles. The maximum absolute atomic E-state index is 13.5. The fourth-order valence-electron chi connectivity index (χ4n) is 3.17. The van der Waals surface area contributed by atoms with Gasteiger partial charge in [0, 0.05) is 6.54 Å². The maximum Gasteiger partial charge on any atom is 0.333 e. The number of benzene rings is 2. The third kappa shape index (κ3) is 4.54. The van der Waals surface area contributed by atoms with Crippen LogP contribution in [0.15, 0.2) is 42.0 Å². The number of carboxylic acid groups (broad SMARTS) is 1. The van der Waals surface area contributed by atoms with Crippen molar-refractivity contribution < 1.29 is 27.8 Å². The van der Waals surface area contributed by atoms with E-state index in [1.54, 1.807) is 0 Å². The first kappa shape index (κ1) is 19.9. The first-order valence-electron chi connectivity index (χ1n) is 8.99. The van der Waals surface area contributed by atoms with Crippen molar-refractivity contribution >= 4 is 11.5 Å². The molecule has 4 nitrogen and oxygen atoms in total. The van der Waals surface area contributed by atoms with Crippen molar-refractivity contribution in [2.45, 2.75) is 19.3 Å². The lowest BCUT2D eigenvalue weighted by molar-refractivity contribution is -0.132. The molecule has 7 heteroatoms. The highest BCUT2D eigenvalue weighted by Crippen LogP contribution is 2.26. The molecule has 0 unspecified atom stereocenters. The van der Waals surface area contributed by atoms with Crippen LogP contribution in [0.2, 0.25) is 0 Å². The van der Waals surface area contributed by atoms with E-state index in [9.17, 15) is 23.1 Å². The second-order valence-corrected chi connectivity index (χ2v) is 6.51. The third-order valence-corrected chi connectivity index (χ3v) is 4.64. The van der Waals surface area contributed by atoms with Crippen LogP contribution in [0, 0.1) is 17.5 Å². The zero-order valence-electron chi connectivity index (χ0n) is 15.1. The number of hydrogen-bond acceptors (Lipinski definition) is 3. The summed E-state index contributed by atoms with van der Waals surface area (Å²) in [7, 11) is 0. The molecule has 0 atom stereocenters. The van der Waals surface area contributed by atoms with Gasteiger partial charge >= 0.3 is 5.97 Å². The summed E-state index contributed by atoms with van der Waals surface area (Å²) in [6, 6.07) is 9.09. The summed E-state index contributed by atoms with van der Waals surface area (Å²) in [5.74, 6) is -5.03. The highest BCUT2D eigenvalue weighted by Gasteiger charge is 2.19. The number of carbonyl (C=O) groups is 1. The van der Waals surface area contributed by atoms with Crippen molar-refractivity contribution in [3.05, 3.63) is 70.5 Å². The second-order valence-electron chi connectivity index (χ2n) is 6.51. The molecule has 0 bridgehead atoms. The molecule has 0 radical (unpaired) electrons. The predicted octanol–water partition coefficient (Wildman–Crippen LogP) is 3.95. The molecule has 28 heavy (non-hydrogen) atoms. The Morgan fingerprint density at radius 2 is 1.79 bits per heavy atom. The van der Waals surface area contributed by atoms with E-state index in [1.165, 1.54) is 0 Å². The van der Waals surface area contributed by atoms with Gasteiger partial charge in [-0.2, -0.15) is 4.39 Å². The quantitative estimate of drug-likeness (QED) is 0.554. The molecule has 1 heterocycles. The van der Waals surface area contributed by atoms with Gasteiger partial charge in [-0.15, -0.1) is 0 Å². The highest BCUT2D eigenvalue weighted by molar-refractivity contribution is 5.97. The maximum atomic E-state index is 13.5. The minimum Gasteiger partial charge on any atom is -0.488 e. The number of halogens is 3. The summed E-state index contributed by atoms with van der Waals surface area (Å²) in [6.07, 6.45) is 1.74. The van der Waals surface area contributed by atoms with Crippen LogP contribution in [0.4, 0.5) is 13.2 Å². The molecular weight excluding hydrogens is 371 g/mol. The van der Waals surface area contributed by atoms with E-state index in [2.05, 4.69) is 5.32 Å². The average molecular weight is 391 g/mol. The van der Waals surface area contributed by atoms with E-state index >= 15 is 0 Å². The van der Waals surface area contributed by atoms with Gasteiger partial charge in [-0.3, -0.25) is 0 Å². The summed E-state index contributed by atoms with van der Waals surface area (Å²) in [6.45, 7) is 1.12. The second kappa shape index (κ2) is 8.93. The lowest BCUT2D eigenvalue weighted by Crippen LogP contribution is -2.28. The number of hydrogen-bond donors (Lipinski definition) is 2. The van der Waals surface area contributed by atoms with E-state index in [0.717, 1.165) is 29.3 Å². The number of ether oxygens (including phenoxy) is 1. The molecule has 1 aliphatic rings. The van der Waals surface area contributed by atoms with E-state index in [4.69, 9.17) is 4.74 Å². The van der Waals surface area contributed by atoms with Crippen molar-refractivity contribution in [1.29, 1.82) is 0 Å². The molecule has 2 aromatic carbocycles. The summed E-state index contributed by atoms with van der Waals surface area (Å²) in [4.78, 5) is 11.4. The van der Waals surface area contributed by atoms with E-state index in [-0.39, 0.29) is 6.61 Å². The monoisotopic (exact) mass is 391 g/mol. The van der Waals surface area contributed by atoms with Gasteiger partial charge in [0.1, 0.15) is 0 Å². The zero-order chi connectivity index (χ0) is 20.1. The van der Waals surface area contributed by atoms with Crippen LogP contribution >= 0.6 is 0 Å². The minimum absolute atomic E-state index is 0.0407. The number of nitrogens with one attached hydrogen (secondary N) is 1. The zero-order valence-corrected chi connectivity index (χ0v) is 15.1. The Morgan fingerprint density at radius 1 is 1.07 bits per heavy atom. The van der Waals surface area contributed by atoms with Gasteiger partial charge in [0.25, 0.3) is 0 Å². The Balaban J connectivity index is 1.58. The van der Waals surface area contributed by atoms with Crippen LogP contribution in [-0.2, 0) is 11.2 Å². The summed E-state index contributed by atoms with van der Waals surface area (Å²) >= 11 is 0. The molecule has 2 aromatic rings. The standard InChI is InChI=1S/C21H20F3NO3/c22-17-7-8-18(23)20(19(17)24)28-11-1-2-13-3-5-14(6-4-13)15-9-10-25-12-16(15)21(26)27/h3-8,25H,1-2,9-12H2,(H,26,27). The van der Waals surface area contributed by atoms with Crippen molar-refractivity contribution in [1.82, 2.24) is 5.32 Å². The SMILES string of the molecule is O=C(O)C1=C(c2ccc(CCCOc3c(F)ccc(F)c3F)cc2)CCNC1. The van der Waals surface area contributed by atoms with Crippen LogP contribution in [0.1, 0.15) is 24.0 Å². The van der Waals surface area contributed by atoms with Gasteiger partial charge in [-0.05, 0) is 54.6 Å². The Bertz CT molecular complexity index is 895. The van der Waals surface area contributed by atoms with E-state index in [0.29, 0.717) is 37.4 Å². The molecule has 0 aromatic heterocycles. The Morgan fingerprint density at radius 3 is 2.50 bits per heavy atom. The molecule has 0 saturated heterocycles. The first-order valence-corrected chi connectivity index (χ1v) is 8.99. The topological polar surface area (TPSA) is 58.6 Å². The van der Waals surface area contributed by atoms with Gasteiger partial charge in [-0.25, -0.2) is 13.6 Å². The average Bonchev–Trinajstić information content (AvgIpc) is 2.71. The van der Waals surface area contributed by atoms with Crippen molar-refractivity contribution in [3.8, 4) is 5.75 Å². The molecule has 0 saturated carbocycles. The van der Waals surface area contributed by atoms with Crippen LogP contribution in [-0.4, -0.2) is 30.8 Å². The number of aliphatic carboxylic acids is 1. The summed E-state index contributed by atoms with van der Waals surface area (Å²) in [5.41, 5.74) is 3.08. The molecule has 0 fully saturated rings. The van der Waals surface area contributed by atoms with Crippen LogP contribution in [0.25, 0.3) is 5.57 Å². The predicted molar refractivity (Wildman–Crippen MR) is 98.6 cm³/mol. The van der Waals surface area contributed by atoms with E-state index < -0.39 is 29.2 Å². The molecule has 3 rings (SSSR count). The molecule has 0 spiro atoms.